The summed E-state index contributed by atoms with van der Waals surface area (Å²) >= 11 is -2.04. The van der Waals surface area contributed by atoms with E-state index in [4.69, 9.17) is 0 Å². The van der Waals surface area contributed by atoms with Gasteiger partial charge in [0.15, 0.2) is 0 Å². The number of fused-ring (bicyclic) bond motifs is 3. The molecule has 0 amide bonds. The maximum atomic E-state index is 10.1. The van der Waals surface area contributed by atoms with Crippen LogP contribution in [0.1, 0.15) is 13.8 Å². The van der Waals surface area contributed by atoms with Crippen LogP contribution in [0.15, 0.2) is 48.8 Å². The minimum absolute atomic E-state index is 0.363. The zero-order valence-electron chi connectivity index (χ0n) is 12.9. The molecule has 0 saturated carbocycles. The zero-order chi connectivity index (χ0) is 16.7. The first-order valence-electron chi connectivity index (χ1n) is 6.93. The summed E-state index contributed by atoms with van der Waals surface area (Å²) in [6.45, 7) is 2.59. The molecule has 0 unspecified atom stereocenters. The van der Waals surface area contributed by atoms with Gasteiger partial charge in [-0.25, -0.2) is 0 Å². The second-order valence-corrected chi connectivity index (χ2v) is 7.77. The molecule has 0 atom stereocenters. The molecule has 0 aliphatic heterocycles. The van der Waals surface area contributed by atoms with Gasteiger partial charge in [-0.05, 0) is 12.1 Å². The SMILES string of the molecule is CC(=O)[O][Hg][O]C(C)=O.c1cnc2c(c1)ccc1cccnc12. The second kappa shape index (κ2) is 8.52. The molecular formula is C16H14HgN2O4. The molecule has 0 fully saturated rings. The van der Waals surface area contributed by atoms with Crippen molar-refractivity contribution in [2.24, 2.45) is 0 Å². The predicted octanol–water partition coefficient (Wildman–Crippen LogP) is 2.81. The smallest absolute Gasteiger partial charge is 0.0964 e. The van der Waals surface area contributed by atoms with Crippen LogP contribution >= 0.6 is 0 Å². The van der Waals surface area contributed by atoms with Gasteiger partial charge in [-0.1, -0.05) is 24.3 Å². The van der Waals surface area contributed by atoms with Crippen molar-refractivity contribution in [2.45, 2.75) is 13.8 Å². The second-order valence-electron chi connectivity index (χ2n) is 4.61. The van der Waals surface area contributed by atoms with Gasteiger partial charge >= 0.3 is 66.2 Å². The van der Waals surface area contributed by atoms with E-state index in [0.29, 0.717) is 0 Å². The van der Waals surface area contributed by atoms with E-state index in [9.17, 15) is 9.59 Å². The summed E-state index contributed by atoms with van der Waals surface area (Å²) in [7, 11) is 0. The van der Waals surface area contributed by atoms with Crippen LogP contribution in [0.5, 0.6) is 0 Å². The number of hydrogen-bond donors (Lipinski definition) is 0. The first-order chi connectivity index (χ1) is 11.1. The molecule has 0 aliphatic rings. The number of carbonyl (C=O) groups excluding carboxylic acids is 2. The Morgan fingerprint density at radius 2 is 1.26 bits per heavy atom. The summed E-state index contributed by atoms with van der Waals surface area (Å²) in [5, 5.41) is 2.28. The van der Waals surface area contributed by atoms with Crippen LogP contribution in [0, 0.1) is 0 Å². The molecule has 114 valence electrons. The Balaban J connectivity index is 0.000000188. The fourth-order valence-electron chi connectivity index (χ4n) is 1.88. The van der Waals surface area contributed by atoms with Crippen LogP contribution in [0.3, 0.4) is 0 Å². The van der Waals surface area contributed by atoms with E-state index >= 15 is 0 Å². The Labute approximate surface area is 146 Å². The first kappa shape index (κ1) is 17.3. The third kappa shape index (κ3) is 5.24. The van der Waals surface area contributed by atoms with Gasteiger partial charge in [0, 0.05) is 23.2 Å². The summed E-state index contributed by atoms with van der Waals surface area (Å²) in [5.74, 6) is -0.726. The largest absolute Gasteiger partial charge is 0.254 e. The Kier molecular flexibility index (Phi) is 6.40. The van der Waals surface area contributed by atoms with Gasteiger partial charge in [0.1, 0.15) is 0 Å². The third-order valence-corrected chi connectivity index (χ3v) is 6.95. The molecule has 0 aliphatic carbocycles. The van der Waals surface area contributed by atoms with Gasteiger partial charge in [0.2, 0.25) is 0 Å². The Hall–Kier alpha value is -2.08. The number of hydrogen-bond acceptors (Lipinski definition) is 6. The van der Waals surface area contributed by atoms with Gasteiger partial charge in [0.25, 0.3) is 0 Å². The van der Waals surface area contributed by atoms with Gasteiger partial charge in [-0.15, -0.1) is 0 Å². The maximum absolute atomic E-state index is 10.1. The van der Waals surface area contributed by atoms with Crippen LogP contribution in [-0.4, -0.2) is 21.9 Å². The van der Waals surface area contributed by atoms with Crippen LogP contribution in [0.2, 0.25) is 0 Å². The number of carbonyl (C=O) groups is 2. The molecule has 2 aromatic heterocycles. The molecule has 0 bridgehead atoms. The van der Waals surface area contributed by atoms with E-state index in [2.05, 4.69) is 39.5 Å². The number of pyridine rings is 2. The Morgan fingerprint density at radius 3 is 1.65 bits per heavy atom. The van der Waals surface area contributed by atoms with Gasteiger partial charge in [-0.2, -0.15) is 0 Å². The van der Waals surface area contributed by atoms with Crippen molar-refractivity contribution < 1.29 is 40.4 Å². The molecule has 7 heteroatoms. The molecule has 0 saturated heterocycles. The molecule has 0 spiro atoms. The standard InChI is InChI=1S/C12H8N2.2C2H4O2.Hg/c1-3-9-5-6-10-4-2-8-14-12(10)11(9)13-7-1;2*1-2(3)4;/h1-8H;2*1H3,(H,3,4);/q;;;+2/p-2. The van der Waals surface area contributed by atoms with Crippen molar-refractivity contribution in [1.29, 1.82) is 0 Å². The van der Waals surface area contributed by atoms with Crippen LogP contribution in [-0.2, 0) is 40.4 Å². The predicted molar refractivity (Wildman–Crippen MR) is 80.6 cm³/mol. The fourth-order valence-corrected chi connectivity index (χ4v) is 3.39. The van der Waals surface area contributed by atoms with Gasteiger partial charge in [0.05, 0.1) is 11.0 Å². The van der Waals surface area contributed by atoms with E-state index in [-0.39, 0.29) is 11.9 Å². The van der Waals surface area contributed by atoms with E-state index in [0.717, 1.165) is 21.8 Å². The van der Waals surface area contributed by atoms with E-state index in [1.807, 2.05) is 12.1 Å². The molecule has 2 heterocycles. The molecular weight excluding hydrogens is 485 g/mol. The molecule has 1 aromatic carbocycles. The van der Waals surface area contributed by atoms with Crippen molar-refractivity contribution in [2.75, 3.05) is 0 Å². The van der Waals surface area contributed by atoms with Crippen molar-refractivity contribution in [3.8, 4) is 0 Å². The van der Waals surface area contributed by atoms with Crippen molar-refractivity contribution >= 4 is 33.7 Å². The zero-order valence-corrected chi connectivity index (χ0v) is 18.4. The van der Waals surface area contributed by atoms with Crippen molar-refractivity contribution in [3.05, 3.63) is 48.8 Å². The summed E-state index contributed by atoms with van der Waals surface area (Å²) in [4.78, 5) is 28.8. The maximum Gasteiger partial charge on any atom is 0.0964 e. The molecule has 0 N–H and O–H groups in total. The number of nitrogens with zero attached hydrogens (tertiary/aromatic N) is 2. The number of rotatable bonds is 2. The summed E-state index contributed by atoms with van der Waals surface area (Å²) in [6.07, 6.45) is 3.60. The van der Waals surface area contributed by atoms with Crippen LogP contribution < -0.4 is 0 Å². The average molecular weight is 499 g/mol. The van der Waals surface area contributed by atoms with E-state index < -0.39 is 25.5 Å². The minimum atomic E-state index is -2.04. The molecule has 3 rings (SSSR count). The fraction of sp³-hybridized carbons (Fsp3) is 0.125. The quantitative estimate of drug-likeness (QED) is 0.399. The summed E-state index contributed by atoms with van der Waals surface area (Å²) < 4.78 is 8.99. The topological polar surface area (TPSA) is 78.4 Å². The van der Waals surface area contributed by atoms with Crippen LogP contribution in [0.25, 0.3) is 21.8 Å². The van der Waals surface area contributed by atoms with Crippen LogP contribution in [0.4, 0.5) is 0 Å². The third-order valence-electron chi connectivity index (χ3n) is 2.87. The van der Waals surface area contributed by atoms with E-state index in [1.54, 1.807) is 12.4 Å². The Morgan fingerprint density at radius 1 is 0.826 bits per heavy atom. The molecule has 6 nitrogen and oxygen atoms in total. The summed E-state index contributed by atoms with van der Waals surface area (Å²) in [6, 6.07) is 12.1. The minimum Gasteiger partial charge on any atom is -0.254 e. The first-order valence-corrected chi connectivity index (χ1v) is 11.4. The average Bonchev–Trinajstić information content (AvgIpc) is 2.55. The number of benzene rings is 1. The molecule has 0 radical (unpaired) electrons. The van der Waals surface area contributed by atoms with Gasteiger partial charge in [-0.3, -0.25) is 9.97 Å². The summed E-state index contributed by atoms with van der Waals surface area (Å²) in [5.41, 5.74) is 1.95. The number of aromatic nitrogens is 2. The normalized spacial score (nSPS) is 9.48. The molecule has 23 heavy (non-hydrogen) atoms. The van der Waals surface area contributed by atoms with Crippen molar-refractivity contribution in [3.63, 3.8) is 0 Å². The molecule has 3 aromatic rings. The van der Waals surface area contributed by atoms with Gasteiger partial charge < -0.3 is 0 Å². The van der Waals surface area contributed by atoms with E-state index in [1.165, 1.54) is 13.8 Å². The van der Waals surface area contributed by atoms with Crippen molar-refractivity contribution in [1.82, 2.24) is 9.97 Å². The monoisotopic (exact) mass is 500 g/mol. The Bertz CT molecular complexity index is 770.